The second kappa shape index (κ2) is 6.26. The Labute approximate surface area is 106 Å². The van der Waals surface area contributed by atoms with Gasteiger partial charge in [-0.1, -0.05) is 31.3 Å². The van der Waals surface area contributed by atoms with Crippen molar-refractivity contribution < 1.29 is 4.74 Å². The molecule has 94 valence electrons. The standard InChI is InChI=1S/C16H24O/c1-3-9-17-16-11-14-6-4-5-13(2)7-8-15(10-14)12-16/h6,13,15-16H,3,7-12H2,1-2H3/b14-6+/t13?,15-,16?/m0/s1. The molecular formula is C16H24O. The van der Waals surface area contributed by atoms with Crippen LogP contribution in [0.25, 0.3) is 0 Å². The summed E-state index contributed by atoms with van der Waals surface area (Å²) in [5.74, 6) is 7.95. The summed E-state index contributed by atoms with van der Waals surface area (Å²) in [7, 11) is 0. The van der Waals surface area contributed by atoms with E-state index in [9.17, 15) is 0 Å². The van der Waals surface area contributed by atoms with Gasteiger partial charge in [0.25, 0.3) is 0 Å². The third kappa shape index (κ3) is 3.89. The fraction of sp³-hybridized carbons (Fsp3) is 0.750. The largest absolute Gasteiger partial charge is 0.378 e. The third-order valence-electron chi connectivity index (χ3n) is 3.81. The van der Waals surface area contributed by atoms with Crippen LogP contribution in [-0.2, 0) is 4.74 Å². The van der Waals surface area contributed by atoms with Crippen molar-refractivity contribution in [3.05, 3.63) is 11.6 Å². The molecular weight excluding hydrogens is 208 g/mol. The monoisotopic (exact) mass is 232 g/mol. The van der Waals surface area contributed by atoms with Crippen molar-refractivity contribution in [1.82, 2.24) is 0 Å². The van der Waals surface area contributed by atoms with Crippen LogP contribution in [-0.4, -0.2) is 12.7 Å². The highest BCUT2D eigenvalue weighted by atomic mass is 16.5. The summed E-state index contributed by atoms with van der Waals surface area (Å²) in [6.45, 7) is 5.33. The summed E-state index contributed by atoms with van der Waals surface area (Å²) in [6.07, 6.45) is 9.93. The Morgan fingerprint density at radius 2 is 2.24 bits per heavy atom. The molecule has 2 aliphatic rings. The molecule has 0 N–H and O–H groups in total. The summed E-state index contributed by atoms with van der Waals surface area (Å²) in [6, 6.07) is 0. The Balaban J connectivity index is 2.01. The van der Waals surface area contributed by atoms with Crippen LogP contribution in [0.15, 0.2) is 11.6 Å². The van der Waals surface area contributed by atoms with Gasteiger partial charge in [-0.3, -0.25) is 0 Å². The summed E-state index contributed by atoms with van der Waals surface area (Å²) >= 11 is 0. The second-order valence-electron chi connectivity index (χ2n) is 5.57. The minimum Gasteiger partial charge on any atom is -0.378 e. The van der Waals surface area contributed by atoms with Crippen LogP contribution < -0.4 is 0 Å². The lowest BCUT2D eigenvalue weighted by atomic mass is 9.80. The van der Waals surface area contributed by atoms with Crippen LogP contribution in [0.3, 0.4) is 0 Å². The van der Waals surface area contributed by atoms with Crippen LogP contribution in [0.4, 0.5) is 0 Å². The topological polar surface area (TPSA) is 9.23 Å². The SMILES string of the molecule is CCCOC1C/C2=C/C#CC(C)CC[C@@H](C2)C1. The molecule has 0 aromatic heterocycles. The van der Waals surface area contributed by atoms with Gasteiger partial charge in [0.15, 0.2) is 0 Å². The Hall–Kier alpha value is -0.740. The average molecular weight is 232 g/mol. The first kappa shape index (κ1) is 12.7. The first-order chi connectivity index (χ1) is 8.28. The van der Waals surface area contributed by atoms with E-state index < -0.39 is 0 Å². The molecule has 2 aliphatic carbocycles. The minimum atomic E-state index is 0.454. The van der Waals surface area contributed by atoms with Gasteiger partial charge in [0, 0.05) is 12.5 Å². The van der Waals surface area contributed by atoms with E-state index in [4.69, 9.17) is 4.74 Å². The van der Waals surface area contributed by atoms with Gasteiger partial charge >= 0.3 is 0 Å². The fourth-order valence-corrected chi connectivity index (χ4v) is 2.88. The maximum absolute atomic E-state index is 5.94. The van der Waals surface area contributed by atoms with E-state index in [0.29, 0.717) is 12.0 Å². The van der Waals surface area contributed by atoms with Crippen LogP contribution in [0.1, 0.15) is 52.4 Å². The van der Waals surface area contributed by atoms with E-state index in [-0.39, 0.29) is 0 Å². The number of rotatable bonds is 3. The molecule has 2 bridgehead atoms. The van der Waals surface area contributed by atoms with Gasteiger partial charge in [-0.15, -0.1) is 0 Å². The summed E-state index contributed by atoms with van der Waals surface area (Å²) in [5, 5.41) is 0. The Kier molecular flexibility index (Phi) is 4.68. The maximum atomic E-state index is 5.94. The van der Waals surface area contributed by atoms with Crippen molar-refractivity contribution >= 4 is 0 Å². The van der Waals surface area contributed by atoms with Crippen molar-refractivity contribution in [2.45, 2.75) is 58.5 Å². The van der Waals surface area contributed by atoms with Crippen molar-refractivity contribution in [2.24, 2.45) is 11.8 Å². The Morgan fingerprint density at radius 1 is 1.35 bits per heavy atom. The van der Waals surface area contributed by atoms with Gasteiger partial charge in [0.2, 0.25) is 0 Å². The van der Waals surface area contributed by atoms with E-state index in [1.165, 1.54) is 31.3 Å². The molecule has 0 spiro atoms. The molecule has 3 atom stereocenters. The molecule has 0 aromatic carbocycles. The van der Waals surface area contributed by atoms with E-state index in [1.807, 2.05) is 0 Å². The van der Waals surface area contributed by atoms with Gasteiger partial charge in [-0.2, -0.15) is 0 Å². The van der Waals surface area contributed by atoms with E-state index in [0.717, 1.165) is 25.4 Å². The normalized spacial score (nSPS) is 35.6. The van der Waals surface area contributed by atoms with Crippen LogP contribution in [0.5, 0.6) is 0 Å². The summed E-state index contributed by atoms with van der Waals surface area (Å²) in [4.78, 5) is 0. The summed E-state index contributed by atoms with van der Waals surface area (Å²) in [5.41, 5.74) is 1.52. The lowest BCUT2D eigenvalue weighted by Gasteiger charge is -2.31. The smallest absolute Gasteiger partial charge is 0.0615 e. The van der Waals surface area contributed by atoms with E-state index in [1.54, 1.807) is 0 Å². The quantitative estimate of drug-likeness (QED) is 0.670. The molecule has 2 unspecified atom stereocenters. The first-order valence-corrected chi connectivity index (χ1v) is 7.08. The average Bonchev–Trinajstić information content (AvgIpc) is 2.38. The minimum absolute atomic E-state index is 0.454. The highest BCUT2D eigenvalue weighted by molar-refractivity contribution is 5.24. The summed E-state index contributed by atoms with van der Waals surface area (Å²) < 4.78 is 5.94. The molecule has 0 saturated heterocycles. The zero-order valence-corrected chi connectivity index (χ0v) is 11.2. The van der Waals surface area contributed by atoms with Crippen LogP contribution in [0.2, 0.25) is 0 Å². The van der Waals surface area contributed by atoms with E-state index in [2.05, 4.69) is 31.8 Å². The number of hydrogen-bond donors (Lipinski definition) is 0. The molecule has 1 nitrogen and oxygen atoms in total. The Bertz CT molecular complexity index is 331. The van der Waals surface area contributed by atoms with Gasteiger partial charge < -0.3 is 4.74 Å². The molecule has 2 rings (SSSR count). The maximum Gasteiger partial charge on any atom is 0.0615 e. The second-order valence-corrected chi connectivity index (χ2v) is 5.57. The van der Waals surface area contributed by atoms with E-state index >= 15 is 0 Å². The number of ether oxygens (including phenoxy) is 1. The van der Waals surface area contributed by atoms with Gasteiger partial charge in [-0.25, -0.2) is 0 Å². The molecule has 0 radical (unpaired) electrons. The molecule has 0 heterocycles. The molecule has 17 heavy (non-hydrogen) atoms. The van der Waals surface area contributed by atoms with Gasteiger partial charge in [0.1, 0.15) is 0 Å². The number of hydrogen-bond acceptors (Lipinski definition) is 1. The van der Waals surface area contributed by atoms with Crippen molar-refractivity contribution in [3.8, 4) is 11.8 Å². The lowest BCUT2D eigenvalue weighted by molar-refractivity contribution is 0.0249. The third-order valence-corrected chi connectivity index (χ3v) is 3.81. The molecule has 1 saturated carbocycles. The predicted molar refractivity (Wildman–Crippen MR) is 71.6 cm³/mol. The van der Waals surface area contributed by atoms with Crippen LogP contribution in [0, 0.1) is 23.7 Å². The fourth-order valence-electron chi connectivity index (χ4n) is 2.88. The van der Waals surface area contributed by atoms with Gasteiger partial charge in [0.05, 0.1) is 6.10 Å². The highest BCUT2D eigenvalue weighted by Gasteiger charge is 2.25. The molecule has 0 amide bonds. The number of allylic oxidation sites excluding steroid dienone is 1. The zero-order chi connectivity index (χ0) is 12.1. The Morgan fingerprint density at radius 3 is 3.06 bits per heavy atom. The first-order valence-electron chi connectivity index (χ1n) is 7.08. The molecule has 1 fully saturated rings. The predicted octanol–water partition coefficient (Wildman–Crippen LogP) is 3.94. The molecule has 0 aromatic rings. The van der Waals surface area contributed by atoms with Gasteiger partial charge in [-0.05, 0) is 50.5 Å². The molecule has 1 heteroatoms. The van der Waals surface area contributed by atoms with Crippen molar-refractivity contribution in [2.75, 3.05) is 6.61 Å². The van der Waals surface area contributed by atoms with Crippen molar-refractivity contribution in [3.63, 3.8) is 0 Å². The highest BCUT2D eigenvalue weighted by Crippen LogP contribution is 2.34. The number of fused-ring (bicyclic) bond motifs is 2. The molecule has 0 aliphatic heterocycles. The van der Waals surface area contributed by atoms with Crippen LogP contribution >= 0.6 is 0 Å². The van der Waals surface area contributed by atoms with Crippen molar-refractivity contribution in [1.29, 1.82) is 0 Å². The zero-order valence-electron chi connectivity index (χ0n) is 11.2. The lowest BCUT2D eigenvalue weighted by Crippen LogP contribution is -2.25.